The van der Waals surface area contributed by atoms with Gasteiger partial charge in [-0.2, -0.15) is 5.10 Å². The monoisotopic (exact) mass is 356 g/mol. The average Bonchev–Trinajstić information content (AvgIpc) is 2.77. The molecule has 1 aromatic heterocycles. The number of aromatic nitrogens is 2. The third-order valence-corrected chi connectivity index (χ3v) is 7.06. The van der Waals surface area contributed by atoms with Gasteiger partial charge in [0.1, 0.15) is 4.75 Å². The number of sulfone groups is 1. The SMILES string of the molecule is CC(C)CCS(=O)(=O)C(C)(C)C(=O)Cc1cc(C(C)(C)C)nn1C. The van der Waals surface area contributed by atoms with E-state index in [1.165, 1.54) is 13.8 Å². The quantitative estimate of drug-likeness (QED) is 0.753. The minimum Gasteiger partial charge on any atom is -0.298 e. The Kier molecular flexibility index (Phi) is 6.07. The van der Waals surface area contributed by atoms with E-state index in [2.05, 4.69) is 25.9 Å². The maximum Gasteiger partial charge on any atom is 0.162 e. The van der Waals surface area contributed by atoms with Crippen LogP contribution in [0.15, 0.2) is 6.07 Å². The molecule has 0 aliphatic rings. The van der Waals surface area contributed by atoms with Crippen LogP contribution in [-0.2, 0) is 33.5 Å². The van der Waals surface area contributed by atoms with Crippen LogP contribution in [0.25, 0.3) is 0 Å². The summed E-state index contributed by atoms with van der Waals surface area (Å²) in [7, 11) is -1.70. The summed E-state index contributed by atoms with van der Waals surface area (Å²) in [5, 5.41) is 4.45. The van der Waals surface area contributed by atoms with Crippen LogP contribution < -0.4 is 0 Å². The van der Waals surface area contributed by atoms with Gasteiger partial charge in [-0.3, -0.25) is 9.48 Å². The summed E-state index contributed by atoms with van der Waals surface area (Å²) in [6, 6.07) is 1.90. The molecule has 1 aromatic rings. The number of aryl methyl sites for hydroxylation is 1. The van der Waals surface area contributed by atoms with E-state index >= 15 is 0 Å². The smallest absolute Gasteiger partial charge is 0.162 e. The summed E-state index contributed by atoms with van der Waals surface area (Å²) in [5.74, 6) is 0.0500. The predicted molar refractivity (Wildman–Crippen MR) is 97.9 cm³/mol. The minimum atomic E-state index is -3.49. The third-order valence-electron chi connectivity index (χ3n) is 4.50. The molecule has 0 atom stereocenters. The van der Waals surface area contributed by atoms with Crippen molar-refractivity contribution in [3.8, 4) is 0 Å². The first-order valence-corrected chi connectivity index (χ1v) is 10.1. The van der Waals surface area contributed by atoms with Crippen molar-refractivity contribution in [3.63, 3.8) is 0 Å². The number of nitrogens with zero attached hydrogens (tertiary/aromatic N) is 2. The van der Waals surface area contributed by atoms with E-state index in [0.29, 0.717) is 6.42 Å². The molecule has 0 radical (unpaired) electrons. The lowest BCUT2D eigenvalue weighted by molar-refractivity contribution is -0.120. The van der Waals surface area contributed by atoms with E-state index in [1.807, 2.05) is 19.9 Å². The zero-order chi connectivity index (χ0) is 18.9. The van der Waals surface area contributed by atoms with Crippen LogP contribution >= 0.6 is 0 Å². The molecule has 0 bridgehead atoms. The van der Waals surface area contributed by atoms with Gasteiger partial charge in [-0.05, 0) is 32.3 Å². The van der Waals surface area contributed by atoms with Gasteiger partial charge in [0.15, 0.2) is 15.6 Å². The van der Waals surface area contributed by atoms with Crippen molar-refractivity contribution < 1.29 is 13.2 Å². The van der Waals surface area contributed by atoms with Crippen molar-refractivity contribution in [1.82, 2.24) is 9.78 Å². The van der Waals surface area contributed by atoms with Crippen molar-refractivity contribution in [2.45, 2.75) is 71.5 Å². The number of rotatable bonds is 7. The van der Waals surface area contributed by atoms with Crippen LogP contribution in [0.2, 0.25) is 0 Å². The number of hydrogen-bond acceptors (Lipinski definition) is 4. The molecule has 0 aliphatic heterocycles. The number of Topliss-reactive ketones (excluding diaryl/α,β-unsaturated/α-hetero) is 1. The van der Waals surface area contributed by atoms with E-state index in [4.69, 9.17) is 0 Å². The molecule has 24 heavy (non-hydrogen) atoms. The normalized spacial score (nSPS) is 13.5. The van der Waals surface area contributed by atoms with Crippen LogP contribution in [0.1, 0.15) is 66.3 Å². The lowest BCUT2D eigenvalue weighted by atomic mass is 9.92. The number of carbonyl (C=O) groups excluding carboxylic acids is 1. The summed E-state index contributed by atoms with van der Waals surface area (Å²) in [6.07, 6.45) is 0.645. The summed E-state index contributed by atoms with van der Waals surface area (Å²) in [6.45, 7) is 13.2. The number of hydrogen-bond donors (Lipinski definition) is 0. The van der Waals surface area contributed by atoms with Crippen molar-refractivity contribution >= 4 is 15.6 Å². The Morgan fingerprint density at radius 1 is 1.21 bits per heavy atom. The maximum atomic E-state index is 12.7. The molecule has 0 aliphatic carbocycles. The van der Waals surface area contributed by atoms with Crippen molar-refractivity contribution in [3.05, 3.63) is 17.5 Å². The molecular formula is C18H32N2O3S. The van der Waals surface area contributed by atoms with Gasteiger partial charge in [0.25, 0.3) is 0 Å². The van der Waals surface area contributed by atoms with Gasteiger partial charge in [-0.15, -0.1) is 0 Å². The van der Waals surface area contributed by atoms with Gasteiger partial charge < -0.3 is 0 Å². The Morgan fingerprint density at radius 3 is 2.17 bits per heavy atom. The van der Waals surface area contributed by atoms with E-state index in [-0.39, 0.29) is 29.3 Å². The lowest BCUT2D eigenvalue weighted by Gasteiger charge is -2.24. The predicted octanol–water partition coefficient (Wildman–Crippen LogP) is 3.07. The molecule has 0 fully saturated rings. The highest BCUT2D eigenvalue weighted by Gasteiger charge is 2.41. The van der Waals surface area contributed by atoms with Crippen molar-refractivity contribution in [2.75, 3.05) is 5.75 Å². The summed E-state index contributed by atoms with van der Waals surface area (Å²) < 4.78 is 25.5. The van der Waals surface area contributed by atoms with Crippen LogP contribution in [0.4, 0.5) is 0 Å². The molecule has 138 valence electrons. The first-order valence-electron chi connectivity index (χ1n) is 8.47. The van der Waals surface area contributed by atoms with E-state index in [0.717, 1.165) is 11.4 Å². The Labute approximate surface area is 146 Å². The largest absolute Gasteiger partial charge is 0.298 e. The first-order chi connectivity index (χ1) is 10.7. The molecule has 5 nitrogen and oxygen atoms in total. The van der Waals surface area contributed by atoms with Crippen LogP contribution in [-0.4, -0.2) is 34.5 Å². The fourth-order valence-corrected chi connectivity index (χ4v) is 3.95. The van der Waals surface area contributed by atoms with Crippen LogP contribution in [0.3, 0.4) is 0 Å². The molecule has 0 amide bonds. The Bertz CT molecular complexity index is 692. The molecule has 0 N–H and O–H groups in total. The molecule has 6 heteroatoms. The zero-order valence-corrected chi connectivity index (χ0v) is 17.1. The molecule has 0 unspecified atom stereocenters. The molecule has 0 aromatic carbocycles. The highest BCUT2D eigenvalue weighted by Crippen LogP contribution is 2.25. The summed E-state index contributed by atoms with van der Waals surface area (Å²) in [5.41, 5.74) is 1.53. The van der Waals surface area contributed by atoms with Gasteiger partial charge in [0.2, 0.25) is 0 Å². The van der Waals surface area contributed by atoms with Gasteiger partial charge >= 0.3 is 0 Å². The molecule has 0 spiro atoms. The van der Waals surface area contributed by atoms with Gasteiger partial charge in [-0.25, -0.2) is 8.42 Å². The third kappa shape index (κ3) is 4.68. The Hall–Kier alpha value is -1.17. The second-order valence-electron chi connectivity index (χ2n) is 8.51. The number of ketones is 1. The fraction of sp³-hybridized carbons (Fsp3) is 0.778. The average molecular weight is 357 g/mol. The van der Waals surface area contributed by atoms with Gasteiger partial charge in [0.05, 0.1) is 17.9 Å². The zero-order valence-electron chi connectivity index (χ0n) is 16.3. The van der Waals surface area contributed by atoms with Gasteiger partial charge in [-0.1, -0.05) is 34.6 Å². The second-order valence-corrected chi connectivity index (χ2v) is 11.2. The fourth-order valence-electron chi connectivity index (χ4n) is 2.23. The highest BCUT2D eigenvalue weighted by molar-refractivity contribution is 7.93. The first kappa shape index (κ1) is 20.9. The molecule has 1 heterocycles. The van der Waals surface area contributed by atoms with Crippen LogP contribution in [0.5, 0.6) is 0 Å². The summed E-state index contributed by atoms with van der Waals surface area (Å²) >= 11 is 0. The molecule has 0 saturated heterocycles. The minimum absolute atomic E-state index is 0.0437. The van der Waals surface area contributed by atoms with Crippen molar-refractivity contribution in [1.29, 1.82) is 0 Å². The molecule has 1 rings (SSSR count). The standard InChI is InChI=1S/C18H32N2O3S/c1-13(2)9-10-24(22,23)18(6,7)16(21)12-14-11-15(17(3,4)5)19-20(14)8/h11,13H,9-10,12H2,1-8H3. The molecule has 0 saturated carbocycles. The summed E-state index contributed by atoms with van der Waals surface area (Å²) in [4.78, 5) is 12.7. The Balaban J connectivity index is 3.00. The second kappa shape index (κ2) is 6.98. The molecular weight excluding hydrogens is 324 g/mol. The van der Waals surface area contributed by atoms with E-state index in [9.17, 15) is 13.2 Å². The van der Waals surface area contributed by atoms with E-state index < -0.39 is 14.6 Å². The van der Waals surface area contributed by atoms with Crippen molar-refractivity contribution in [2.24, 2.45) is 13.0 Å². The van der Waals surface area contributed by atoms with E-state index in [1.54, 1.807) is 11.7 Å². The van der Waals surface area contributed by atoms with Crippen LogP contribution in [0, 0.1) is 5.92 Å². The maximum absolute atomic E-state index is 12.7. The Morgan fingerprint density at radius 2 is 1.75 bits per heavy atom. The number of carbonyl (C=O) groups is 1. The lowest BCUT2D eigenvalue weighted by Crippen LogP contribution is -2.43. The van der Waals surface area contributed by atoms with Gasteiger partial charge in [0, 0.05) is 18.2 Å². The highest BCUT2D eigenvalue weighted by atomic mass is 32.2. The topological polar surface area (TPSA) is 69.0 Å².